The Balaban J connectivity index is 1.67. The van der Waals surface area contributed by atoms with Crippen LogP contribution in [-0.2, 0) is 6.42 Å². The monoisotopic (exact) mass is 296 g/mol. The van der Waals surface area contributed by atoms with Gasteiger partial charge in [0.25, 0.3) is 0 Å². The number of benzene rings is 3. The van der Waals surface area contributed by atoms with Gasteiger partial charge in [0.1, 0.15) is 0 Å². The van der Waals surface area contributed by atoms with Gasteiger partial charge in [-0.05, 0) is 52.7 Å². The summed E-state index contributed by atoms with van der Waals surface area (Å²) in [6.07, 6.45) is 5.93. The molecule has 23 heavy (non-hydrogen) atoms. The van der Waals surface area contributed by atoms with Gasteiger partial charge in [0.05, 0.1) is 0 Å². The lowest BCUT2D eigenvalue weighted by molar-refractivity contribution is 0.860. The predicted molar refractivity (Wildman–Crippen MR) is 99.1 cm³/mol. The Morgan fingerprint density at radius 3 is 2.00 bits per heavy atom. The van der Waals surface area contributed by atoms with Gasteiger partial charge in [0, 0.05) is 0 Å². The summed E-state index contributed by atoms with van der Waals surface area (Å²) >= 11 is 0. The Morgan fingerprint density at radius 1 is 0.522 bits per heavy atom. The Morgan fingerprint density at radius 2 is 1.17 bits per heavy atom. The number of hydrogen-bond donors (Lipinski definition) is 0. The van der Waals surface area contributed by atoms with Crippen molar-refractivity contribution in [3.05, 3.63) is 95.6 Å². The van der Waals surface area contributed by atoms with Crippen molar-refractivity contribution in [1.29, 1.82) is 0 Å². The smallest absolute Gasteiger partial charge is 0.0184 e. The van der Waals surface area contributed by atoms with Gasteiger partial charge in [-0.1, -0.05) is 84.9 Å². The topological polar surface area (TPSA) is 0 Å². The zero-order valence-corrected chi connectivity index (χ0v) is 13.2. The Labute approximate surface area is 138 Å². The molecule has 0 saturated carbocycles. The van der Waals surface area contributed by atoms with Crippen molar-refractivity contribution in [3.63, 3.8) is 0 Å². The van der Waals surface area contributed by atoms with Crippen LogP contribution < -0.4 is 0 Å². The van der Waals surface area contributed by atoms with E-state index < -0.39 is 0 Å². The molecule has 0 heteroatoms. The lowest BCUT2D eigenvalue weighted by Crippen LogP contribution is -1.86. The van der Waals surface area contributed by atoms with Gasteiger partial charge in [-0.15, -0.1) is 0 Å². The molecule has 3 aromatic carbocycles. The largest absolute Gasteiger partial charge is 0.0622 e. The van der Waals surface area contributed by atoms with E-state index in [1.54, 1.807) is 0 Å². The first kappa shape index (κ1) is 14.0. The molecule has 0 aromatic heterocycles. The zero-order chi connectivity index (χ0) is 15.5. The highest BCUT2D eigenvalue weighted by atomic mass is 14.1. The maximum Gasteiger partial charge on any atom is -0.0184 e. The second-order valence-corrected chi connectivity index (χ2v) is 6.17. The van der Waals surface area contributed by atoms with E-state index in [1.807, 2.05) is 0 Å². The van der Waals surface area contributed by atoms with Gasteiger partial charge in [-0.25, -0.2) is 0 Å². The standard InChI is InChI=1S/C23H20/c1-2-7-18(8-3-1)20-13-15-21(16-14-20)23-12-6-11-19-9-4-5-10-22(19)17-23/h1-5,7-10,13-17H,6,11-12H2. The van der Waals surface area contributed by atoms with E-state index >= 15 is 0 Å². The third-order valence-corrected chi connectivity index (χ3v) is 4.64. The van der Waals surface area contributed by atoms with Crippen LogP contribution in [0.15, 0.2) is 78.9 Å². The van der Waals surface area contributed by atoms with Crippen LogP contribution in [0.25, 0.3) is 22.8 Å². The van der Waals surface area contributed by atoms with Crippen LogP contribution in [0.4, 0.5) is 0 Å². The number of allylic oxidation sites excluding steroid dienone is 1. The maximum absolute atomic E-state index is 2.37. The minimum absolute atomic E-state index is 1.15. The van der Waals surface area contributed by atoms with E-state index in [4.69, 9.17) is 0 Å². The maximum atomic E-state index is 2.37. The fourth-order valence-corrected chi connectivity index (χ4v) is 3.37. The van der Waals surface area contributed by atoms with Crippen LogP contribution in [0.1, 0.15) is 29.5 Å². The minimum Gasteiger partial charge on any atom is -0.0622 e. The fraction of sp³-hybridized carbons (Fsp3) is 0.130. The quantitative estimate of drug-likeness (QED) is 0.526. The van der Waals surface area contributed by atoms with E-state index in [2.05, 4.69) is 84.9 Å². The first-order chi connectivity index (χ1) is 11.4. The van der Waals surface area contributed by atoms with Crippen LogP contribution in [0.3, 0.4) is 0 Å². The molecule has 0 radical (unpaired) electrons. The summed E-state index contributed by atoms with van der Waals surface area (Å²) in [5, 5.41) is 0. The van der Waals surface area contributed by atoms with E-state index in [-0.39, 0.29) is 0 Å². The molecule has 0 saturated heterocycles. The summed E-state index contributed by atoms with van der Waals surface area (Å²) in [5.41, 5.74) is 8.22. The second kappa shape index (κ2) is 6.26. The summed E-state index contributed by atoms with van der Waals surface area (Å²) in [4.78, 5) is 0. The third kappa shape index (κ3) is 2.98. The first-order valence-electron chi connectivity index (χ1n) is 8.34. The average Bonchev–Trinajstić information content (AvgIpc) is 2.85. The fourth-order valence-electron chi connectivity index (χ4n) is 3.37. The van der Waals surface area contributed by atoms with E-state index in [1.165, 1.54) is 46.2 Å². The highest BCUT2D eigenvalue weighted by Gasteiger charge is 2.10. The molecule has 0 aliphatic heterocycles. The molecule has 1 aliphatic carbocycles. The van der Waals surface area contributed by atoms with Crippen LogP contribution in [-0.4, -0.2) is 0 Å². The minimum atomic E-state index is 1.15. The van der Waals surface area contributed by atoms with Crippen molar-refractivity contribution < 1.29 is 0 Å². The number of aryl methyl sites for hydroxylation is 1. The van der Waals surface area contributed by atoms with Crippen LogP contribution in [0.2, 0.25) is 0 Å². The van der Waals surface area contributed by atoms with Crippen molar-refractivity contribution in [1.82, 2.24) is 0 Å². The molecule has 1 aliphatic rings. The predicted octanol–water partition coefficient (Wildman–Crippen LogP) is 6.23. The normalized spacial score (nSPS) is 13.8. The zero-order valence-electron chi connectivity index (χ0n) is 13.2. The summed E-state index contributed by atoms with van der Waals surface area (Å²) in [6.45, 7) is 0. The second-order valence-electron chi connectivity index (χ2n) is 6.17. The van der Waals surface area contributed by atoms with Crippen LogP contribution in [0, 0.1) is 0 Å². The highest BCUT2D eigenvalue weighted by molar-refractivity contribution is 5.83. The van der Waals surface area contributed by atoms with Gasteiger partial charge < -0.3 is 0 Å². The molecule has 0 heterocycles. The number of rotatable bonds is 2. The molecular formula is C23H20. The third-order valence-electron chi connectivity index (χ3n) is 4.64. The molecule has 4 rings (SSSR count). The van der Waals surface area contributed by atoms with E-state index in [9.17, 15) is 0 Å². The molecular weight excluding hydrogens is 276 g/mol. The van der Waals surface area contributed by atoms with Crippen molar-refractivity contribution in [2.45, 2.75) is 19.3 Å². The lowest BCUT2D eigenvalue weighted by atomic mass is 9.97. The molecule has 112 valence electrons. The van der Waals surface area contributed by atoms with Gasteiger partial charge in [-0.3, -0.25) is 0 Å². The Hall–Kier alpha value is -2.60. The molecule has 0 unspecified atom stereocenters. The summed E-state index contributed by atoms with van der Waals surface area (Å²) in [5.74, 6) is 0. The Bertz CT molecular complexity index is 823. The molecule has 0 N–H and O–H groups in total. The van der Waals surface area contributed by atoms with E-state index in [0.29, 0.717) is 0 Å². The molecule has 0 atom stereocenters. The van der Waals surface area contributed by atoms with Crippen molar-refractivity contribution >= 4 is 11.6 Å². The molecule has 0 amide bonds. The van der Waals surface area contributed by atoms with Gasteiger partial charge >= 0.3 is 0 Å². The van der Waals surface area contributed by atoms with Crippen molar-refractivity contribution in [2.24, 2.45) is 0 Å². The summed E-state index contributed by atoms with van der Waals surface area (Å²) < 4.78 is 0. The SMILES string of the molecule is C1=C(c2ccc(-c3ccccc3)cc2)CCCc2ccccc21. The van der Waals surface area contributed by atoms with Crippen LogP contribution in [0.5, 0.6) is 0 Å². The van der Waals surface area contributed by atoms with Gasteiger partial charge in [0.2, 0.25) is 0 Å². The highest BCUT2D eigenvalue weighted by Crippen LogP contribution is 2.30. The molecule has 3 aromatic rings. The molecule has 0 nitrogen and oxygen atoms in total. The van der Waals surface area contributed by atoms with Crippen LogP contribution >= 0.6 is 0 Å². The van der Waals surface area contributed by atoms with Crippen molar-refractivity contribution in [3.8, 4) is 11.1 Å². The molecule has 0 bridgehead atoms. The summed E-state index contributed by atoms with van der Waals surface area (Å²) in [6, 6.07) is 28.4. The van der Waals surface area contributed by atoms with Gasteiger partial charge in [-0.2, -0.15) is 0 Å². The number of fused-ring (bicyclic) bond motifs is 1. The first-order valence-corrected chi connectivity index (χ1v) is 8.34. The summed E-state index contributed by atoms with van der Waals surface area (Å²) in [7, 11) is 0. The Kier molecular flexibility index (Phi) is 3.81. The molecule has 0 spiro atoms. The lowest BCUT2D eigenvalue weighted by Gasteiger charge is -2.08. The molecule has 0 fully saturated rings. The van der Waals surface area contributed by atoms with Crippen molar-refractivity contribution in [2.75, 3.05) is 0 Å². The number of hydrogen-bond acceptors (Lipinski definition) is 0. The van der Waals surface area contributed by atoms with Gasteiger partial charge in [0.15, 0.2) is 0 Å². The van der Waals surface area contributed by atoms with E-state index in [0.717, 1.165) is 6.42 Å². The average molecular weight is 296 g/mol.